The number of imidazole rings is 1. The van der Waals surface area contributed by atoms with Crippen molar-refractivity contribution in [1.29, 1.82) is 0 Å². The molecule has 1 amide bonds. The van der Waals surface area contributed by atoms with Crippen molar-refractivity contribution in [2.24, 2.45) is 0 Å². The summed E-state index contributed by atoms with van der Waals surface area (Å²) in [6.45, 7) is -3.47. The first-order valence-corrected chi connectivity index (χ1v) is 8.75. The molecule has 1 aliphatic heterocycles. The number of benzene rings is 2. The molecule has 0 saturated carbocycles. The molecule has 4 rings (SSSR count). The lowest BCUT2D eigenvalue weighted by Gasteiger charge is -2.15. The SMILES string of the molecule is O=C1c2ccccc2S(=O)(=O)N1Cc1nc2ccccc2n1C(F)F. The van der Waals surface area contributed by atoms with E-state index in [1.165, 1.54) is 24.3 Å². The van der Waals surface area contributed by atoms with Gasteiger partial charge in [0.2, 0.25) is 0 Å². The van der Waals surface area contributed by atoms with Crippen LogP contribution in [0.3, 0.4) is 0 Å². The molecule has 0 unspecified atom stereocenters. The Morgan fingerprint density at radius 3 is 2.44 bits per heavy atom. The molecule has 1 aliphatic rings. The number of para-hydroxylation sites is 2. The van der Waals surface area contributed by atoms with Crippen LogP contribution in [0.25, 0.3) is 11.0 Å². The molecule has 2 heterocycles. The van der Waals surface area contributed by atoms with E-state index in [0.29, 0.717) is 14.4 Å². The predicted molar refractivity (Wildman–Crippen MR) is 84.5 cm³/mol. The van der Waals surface area contributed by atoms with Crippen LogP contribution in [0.15, 0.2) is 53.4 Å². The summed E-state index contributed by atoms with van der Waals surface area (Å²) in [5.41, 5.74) is 0.510. The number of rotatable bonds is 3. The van der Waals surface area contributed by atoms with E-state index < -0.39 is 29.0 Å². The van der Waals surface area contributed by atoms with Crippen LogP contribution in [-0.4, -0.2) is 28.2 Å². The number of hydrogen-bond donors (Lipinski definition) is 0. The molecule has 3 aromatic rings. The summed E-state index contributed by atoms with van der Waals surface area (Å²) in [6.07, 6.45) is 0. The number of hydrogen-bond acceptors (Lipinski definition) is 4. The van der Waals surface area contributed by atoms with Gasteiger partial charge in [0, 0.05) is 0 Å². The summed E-state index contributed by atoms with van der Waals surface area (Å²) in [7, 11) is -4.09. The number of carbonyl (C=O) groups is 1. The van der Waals surface area contributed by atoms with Gasteiger partial charge >= 0.3 is 6.55 Å². The minimum atomic E-state index is -4.09. The third-order valence-corrected chi connectivity index (χ3v) is 5.85. The normalized spacial score (nSPS) is 16.0. The summed E-state index contributed by atoms with van der Waals surface area (Å²) in [4.78, 5) is 16.4. The Morgan fingerprint density at radius 1 is 1.04 bits per heavy atom. The number of nitrogens with zero attached hydrogens (tertiary/aromatic N) is 3. The largest absolute Gasteiger partial charge is 0.320 e. The minimum absolute atomic E-state index is 0.0298. The molecule has 0 saturated heterocycles. The highest BCUT2D eigenvalue weighted by atomic mass is 32.2. The van der Waals surface area contributed by atoms with Crippen LogP contribution < -0.4 is 0 Å². The molecule has 0 atom stereocenters. The summed E-state index contributed by atoms with van der Waals surface area (Å²) >= 11 is 0. The van der Waals surface area contributed by atoms with E-state index in [0.717, 1.165) is 0 Å². The van der Waals surface area contributed by atoms with Crippen molar-refractivity contribution in [3.05, 3.63) is 59.9 Å². The molecule has 128 valence electrons. The van der Waals surface area contributed by atoms with Crippen molar-refractivity contribution in [3.8, 4) is 0 Å². The van der Waals surface area contributed by atoms with Crippen LogP contribution in [0.4, 0.5) is 8.78 Å². The zero-order valence-electron chi connectivity index (χ0n) is 12.6. The van der Waals surface area contributed by atoms with E-state index in [1.54, 1.807) is 24.3 Å². The van der Waals surface area contributed by atoms with E-state index in [9.17, 15) is 22.0 Å². The standard InChI is InChI=1S/C16H11F2N3O3S/c17-16(18)21-12-7-3-2-6-11(12)19-14(21)9-20-15(22)10-5-1-4-8-13(10)25(20,23)24/h1-8,16H,9H2. The average Bonchev–Trinajstić information content (AvgIpc) is 3.04. The van der Waals surface area contributed by atoms with Crippen LogP contribution in [0.2, 0.25) is 0 Å². The fourth-order valence-electron chi connectivity index (χ4n) is 2.94. The van der Waals surface area contributed by atoms with Crippen LogP contribution in [-0.2, 0) is 16.6 Å². The molecule has 6 nitrogen and oxygen atoms in total. The van der Waals surface area contributed by atoms with Gasteiger partial charge in [-0.2, -0.15) is 8.78 Å². The lowest BCUT2D eigenvalue weighted by atomic mass is 10.2. The van der Waals surface area contributed by atoms with Crippen molar-refractivity contribution < 1.29 is 22.0 Å². The average molecular weight is 363 g/mol. The van der Waals surface area contributed by atoms with E-state index >= 15 is 0 Å². The van der Waals surface area contributed by atoms with E-state index in [4.69, 9.17) is 0 Å². The zero-order valence-corrected chi connectivity index (χ0v) is 13.5. The number of sulfonamides is 1. The maximum absolute atomic E-state index is 13.5. The fourth-order valence-corrected chi connectivity index (χ4v) is 4.46. The third kappa shape index (κ3) is 2.23. The number of halogens is 2. The number of amides is 1. The molecule has 0 aliphatic carbocycles. The van der Waals surface area contributed by atoms with E-state index in [1.807, 2.05) is 0 Å². The van der Waals surface area contributed by atoms with Crippen molar-refractivity contribution in [1.82, 2.24) is 13.9 Å². The van der Waals surface area contributed by atoms with Crippen molar-refractivity contribution in [3.63, 3.8) is 0 Å². The first kappa shape index (κ1) is 15.7. The van der Waals surface area contributed by atoms with Gasteiger partial charge in [0.25, 0.3) is 15.9 Å². The Labute approximate surface area is 141 Å². The van der Waals surface area contributed by atoms with Gasteiger partial charge in [-0.05, 0) is 24.3 Å². The predicted octanol–water partition coefficient (Wildman–Crippen LogP) is 2.78. The van der Waals surface area contributed by atoms with Crippen molar-refractivity contribution in [2.75, 3.05) is 0 Å². The molecular formula is C16H11F2N3O3S. The maximum atomic E-state index is 13.5. The summed E-state index contributed by atoms with van der Waals surface area (Å²) in [5.74, 6) is -0.940. The Balaban J connectivity index is 1.83. The number of carbonyl (C=O) groups excluding carboxylic acids is 1. The molecule has 0 N–H and O–H groups in total. The topological polar surface area (TPSA) is 72.3 Å². The Kier molecular flexibility index (Phi) is 3.36. The smallest absolute Gasteiger partial charge is 0.269 e. The first-order valence-electron chi connectivity index (χ1n) is 7.31. The molecule has 0 radical (unpaired) electrons. The zero-order chi connectivity index (χ0) is 17.8. The Bertz CT molecular complexity index is 1110. The first-order chi connectivity index (χ1) is 11.9. The monoisotopic (exact) mass is 363 g/mol. The number of fused-ring (bicyclic) bond motifs is 2. The van der Waals surface area contributed by atoms with Gasteiger partial charge in [0.05, 0.1) is 23.1 Å². The number of aromatic nitrogens is 2. The molecule has 0 spiro atoms. The van der Waals surface area contributed by atoms with E-state index in [-0.39, 0.29) is 21.8 Å². The van der Waals surface area contributed by atoms with Gasteiger partial charge in [-0.3, -0.25) is 9.36 Å². The van der Waals surface area contributed by atoms with E-state index in [2.05, 4.69) is 4.98 Å². The highest BCUT2D eigenvalue weighted by molar-refractivity contribution is 7.90. The molecule has 1 aromatic heterocycles. The van der Waals surface area contributed by atoms with Crippen LogP contribution in [0.1, 0.15) is 22.7 Å². The van der Waals surface area contributed by atoms with Crippen LogP contribution in [0, 0.1) is 0 Å². The van der Waals surface area contributed by atoms with Crippen molar-refractivity contribution >= 4 is 27.0 Å². The maximum Gasteiger partial charge on any atom is 0.320 e. The van der Waals surface area contributed by atoms with Crippen LogP contribution in [0.5, 0.6) is 0 Å². The quantitative estimate of drug-likeness (QED) is 0.717. The lowest BCUT2D eigenvalue weighted by Crippen LogP contribution is -2.30. The highest BCUT2D eigenvalue weighted by Gasteiger charge is 2.41. The summed E-state index contributed by atoms with van der Waals surface area (Å²) in [5, 5.41) is 0. The highest BCUT2D eigenvalue weighted by Crippen LogP contribution is 2.32. The second-order valence-corrected chi connectivity index (χ2v) is 7.31. The molecule has 0 bridgehead atoms. The van der Waals surface area contributed by atoms with Gasteiger partial charge in [-0.25, -0.2) is 17.7 Å². The molecular weight excluding hydrogens is 352 g/mol. The molecule has 0 fully saturated rings. The third-order valence-electron chi connectivity index (χ3n) is 4.06. The number of alkyl halides is 2. The van der Waals surface area contributed by atoms with Gasteiger partial charge < -0.3 is 0 Å². The van der Waals surface area contributed by atoms with Gasteiger partial charge in [0.1, 0.15) is 10.7 Å². The molecule has 9 heteroatoms. The Hall–Kier alpha value is -2.81. The second kappa shape index (κ2) is 5.35. The molecule has 2 aromatic carbocycles. The van der Waals surface area contributed by atoms with Gasteiger partial charge in [-0.15, -0.1) is 0 Å². The second-order valence-electron chi connectivity index (χ2n) is 5.48. The van der Waals surface area contributed by atoms with Crippen molar-refractivity contribution in [2.45, 2.75) is 18.0 Å². The minimum Gasteiger partial charge on any atom is -0.269 e. The fraction of sp³-hybridized carbons (Fsp3) is 0.125. The van der Waals surface area contributed by atoms with Gasteiger partial charge in [-0.1, -0.05) is 24.3 Å². The summed E-state index contributed by atoms with van der Waals surface area (Å²) < 4.78 is 53.3. The molecule has 25 heavy (non-hydrogen) atoms. The lowest BCUT2D eigenvalue weighted by molar-refractivity contribution is 0.0679. The van der Waals surface area contributed by atoms with Gasteiger partial charge in [0.15, 0.2) is 0 Å². The Morgan fingerprint density at radius 2 is 1.72 bits per heavy atom. The van der Waals surface area contributed by atoms with Crippen LogP contribution >= 0.6 is 0 Å². The summed E-state index contributed by atoms with van der Waals surface area (Å²) in [6, 6.07) is 12.0.